The first kappa shape index (κ1) is 14.2. The minimum Gasteiger partial charge on any atom is -0.388 e. The van der Waals surface area contributed by atoms with E-state index in [2.05, 4.69) is 35.0 Å². The Hall–Kier alpha value is -1.88. The lowest BCUT2D eigenvalue weighted by Crippen LogP contribution is -2.05. The summed E-state index contributed by atoms with van der Waals surface area (Å²) >= 11 is 0. The molecule has 0 saturated carbocycles. The van der Waals surface area contributed by atoms with Crippen LogP contribution in [0.2, 0.25) is 0 Å². The van der Waals surface area contributed by atoms with E-state index in [0.717, 1.165) is 17.7 Å². The number of hydrogen-bond acceptors (Lipinski definition) is 5. The summed E-state index contributed by atoms with van der Waals surface area (Å²) in [5.41, 5.74) is 7.46. The molecule has 0 bridgehead atoms. The maximum absolute atomic E-state index is 5.68. The van der Waals surface area contributed by atoms with E-state index in [1.54, 1.807) is 13.0 Å². The number of likely N-dealkylation sites (N-methyl/N-ethyl adjacent to an activating group) is 1. The minimum atomic E-state index is -0.271. The van der Waals surface area contributed by atoms with Gasteiger partial charge >= 0.3 is 0 Å². The molecule has 98 valence electrons. The Kier molecular flexibility index (Phi) is 5.32. The van der Waals surface area contributed by atoms with Gasteiger partial charge in [-0.25, -0.2) is 0 Å². The zero-order valence-electron chi connectivity index (χ0n) is 11.1. The number of rotatable bonds is 6. The Morgan fingerprint density at radius 3 is 2.78 bits per heavy atom. The predicted molar refractivity (Wildman–Crippen MR) is 72.5 cm³/mol. The molecule has 1 aromatic heterocycles. The van der Waals surface area contributed by atoms with Crippen LogP contribution >= 0.6 is 0 Å². The first-order valence-corrected chi connectivity index (χ1v) is 5.94. The number of nitrogens with two attached hydrogens (primary N) is 1. The third-order valence-electron chi connectivity index (χ3n) is 2.33. The van der Waals surface area contributed by atoms with Crippen molar-refractivity contribution in [2.45, 2.75) is 26.3 Å². The maximum Gasteiger partial charge on any atom is 0.243 e. The lowest BCUT2D eigenvalue weighted by atomic mass is 10.2. The van der Waals surface area contributed by atoms with Crippen molar-refractivity contribution in [3.8, 4) is 0 Å². The molecule has 5 nitrogen and oxygen atoms in total. The van der Waals surface area contributed by atoms with Crippen molar-refractivity contribution in [2.24, 2.45) is 5.73 Å². The van der Waals surface area contributed by atoms with Crippen molar-refractivity contribution in [2.75, 3.05) is 7.05 Å². The lowest BCUT2D eigenvalue weighted by molar-refractivity contribution is 0.360. The molecule has 0 aliphatic carbocycles. The van der Waals surface area contributed by atoms with E-state index in [-0.39, 0.29) is 6.04 Å². The van der Waals surface area contributed by atoms with Crippen LogP contribution in [-0.4, -0.2) is 17.2 Å². The molecule has 1 rings (SSSR count). The van der Waals surface area contributed by atoms with E-state index >= 15 is 0 Å². The first-order valence-electron chi connectivity index (χ1n) is 5.94. The SMILES string of the molecule is C=C/C(=C\C(=C\CC)NC)c1noc(C(C)N)n1. The molecule has 0 aromatic carbocycles. The van der Waals surface area contributed by atoms with Crippen molar-refractivity contribution >= 4 is 5.57 Å². The van der Waals surface area contributed by atoms with Gasteiger partial charge in [0.25, 0.3) is 0 Å². The van der Waals surface area contributed by atoms with Gasteiger partial charge in [-0.1, -0.05) is 30.8 Å². The fourth-order valence-corrected chi connectivity index (χ4v) is 1.37. The Morgan fingerprint density at radius 1 is 1.61 bits per heavy atom. The van der Waals surface area contributed by atoms with Crippen LogP contribution in [0.4, 0.5) is 0 Å². The fraction of sp³-hybridized carbons (Fsp3) is 0.385. The largest absolute Gasteiger partial charge is 0.388 e. The van der Waals surface area contributed by atoms with Crippen LogP contribution in [0.25, 0.3) is 5.57 Å². The number of aromatic nitrogens is 2. The van der Waals surface area contributed by atoms with E-state index in [9.17, 15) is 0 Å². The average Bonchev–Trinajstić information content (AvgIpc) is 2.84. The highest BCUT2D eigenvalue weighted by Gasteiger charge is 2.12. The molecule has 0 spiro atoms. The van der Waals surface area contributed by atoms with E-state index in [0.29, 0.717) is 11.7 Å². The normalized spacial score (nSPS) is 14.4. The number of hydrogen-bond donors (Lipinski definition) is 2. The first-order chi connectivity index (χ1) is 8.62. The Balaban J connectivity index is 3.04. The summed E-state index contributed by atoms with van der Waals surface area (Å²) < 4.78 is 5.07. The van der Waals surface area contributed by atoms with Crippen LogP contribution in [0.5, 0.6) is 0 Å². The highest BCUT2D eigenvalue weighted by Crippen LogP contribution is 2.16. The van der Waals surface area contributed by atoms with Crippen molar-refractivity contribution in [3.63, 3.8) is 0 Å². The van der Waals surface area contributed by atoms with Gasteiger partial charge in [0, 0.05) is 18.3 Å². The van der Waals surface area contributed by atoms with Gasteiger partial charge < -0.3 is 15.6 Å². The molecule has 0 amide bonds. The molecule has 5 heteroatoms. The van der Waals surface area contributed by atoms with E-state index < -0.39 is 0 Å². The monoisotopic (exact) mass is 248 g/mol. The summed E-state index contributed by atoms with van der Waals surface area (Å²) in [6, 6.07) is -0.271. The predicted octanol–water partition coefficient (Wildman–Crippen LogP) is 2.17. The second kappa shape index (κ2) is 6.76. The van der Waals surface area contributed by atoms with Crippen LogP contribution in [0.15, 0.2) is 35.0 Å². The van der Waals surface area contributed by atoms with Crippen molar-refractivity contribution in [3.05, 3.63) is 42.2 Å². The van der Waals surface area contributed by atoms with Crippen LogP contribution in [0.3, 0.4) is 0 Å². The molecule has 0 aliphatic rings. The van der Waals surface area contributed by atoms with Gasteiger partial charge in [0.15, 0.2) is 0 Å². The molecular formula is C13H20N4O. The number of nitrogens with zero attached hydrogens (tertiary/aromatic N) is 2. The second-order valence-corrected chi connectivity index (χ2v) is 3.87. The summed E-state index contributed by atoms with van der Waals surface area (Å²) in [5, 5.41) is 6.99. The molecule has 1 aromatic rings. The molecule has 1 unspecified atom stereocenters. The molecule has 3 N–H and O–H groups in total. The van der Waals surface area contributed by atoms with Gasteiger partial charge in [-0.05, 0) is 19.4 Å². The van der Waals surface area contributed by atoms with Crippen molar-refractivity contribution < 1.29 is 4.52 Å². The average molecular weight is 248 g/mol. The highest BCUT2D eigenvalue weighted by atomic mass is 16.5. The second-order valence-electron chi connectivity index (χ2n) is 3.87. The summed E-state index contributed by atoms with van der Waals surface area (Å²) in [6.07, 6.45) is 6.62. The number of allylic oxidation sites excluding steroid dienone is 4. The molecule has 0 saturated heterocycles. The molecule has 0 fully saturated rings. The Labute approximate surface area is 107 Å². The topological polar surface area (TPSA) is 77.0 Å². The van der Waals surface area contributed by atoms with Crippen LogP contribution in [0.1, 0.15) is 38.0 Å². The molecule has 1 atom stereocenters. The molecular weight excluding hydrogens is 228 g/mol. The van der Waals surface area contributed by atoms with Gasteiger partial charge in [-0.3, -0.25) is 0 Å². The molecule has 1 heterocycles. The molecule has 18 heavy (non-hydrogen) atoms. The van der Waals surface area contributed by atoms with E-state index in [1.165, 1.54) is 0 Å². The quantitative estimate of drug-likeness (QED) is 0.754. The Morgan fingerprint density at radius 2 is 2.33 bits per heavy atom. The lowest BCUT2D eigenvalue weighted by Gasteiger charge is -2.02. The van der Waals surface area contributed by atoms with Gasteiger partial charge in [-0.15, -0.1) is 0 Å². The fourth-order valence-electron chi connectivity index (χ4n) is 1.37. The maximum atomic E-state index is 5.68. The van der Waals surface area contributed by atoms with Gasteiger partial charge in [-0.2, -0.15) is 4.98 Å². The van der Waals surface area contributed by atoms with E-state index in [1.807, 2.05) is 13.1 Å². The summed E-state index contributed by atoms with van der Waals surface area (Å²) in [4.78, 5) is 4.23. The smallest absolute Gasteiger partial charge is 0.243 e. The van der Waals surface area contributed by atoms with Crippen molar-refractivity contribution in [1.29, 1.82) is 0 Å². The standard InChI is InChI=1S/C13H20N4O/c1-5-7-11(15-4)8-10(6-2)12-16-13(9(3)14)18-17-12/h6-9,15H,2,5,14H2,1,3-4H3/b10-8+,11-7-. The van der Waals surface area contributed by atoms with Crippen LogP contribution in [0, 0.1) is 0 Å². The van der Waals surface area contributed by atoms with Gasteiger partial charge in [0.1, 0.15) is 0 Å². The van der Waals surface area contributed by atoms with Crippen LogP contribution < -0.4 is 11.1 Å². The third kappa shape index (κ3) is 3.56. The summed E-state index contributed by atoms with van der Waals surface area (Å²) in [6.45, 7) is 7.63. The summed E-state index contributed by atoms with van der Waals surface area (Å²) in [5.74, 6) is 0.915. The molecule has 0 radical (unpaired) electrons. The van der Waals surface area contributed by atoms with Crippen molar-refractivity contribution in [1.82, 2.24) is 15.5 Å². The van der Waals surface area contributed by atoms with E-state index in [4.69, 9.17) is 10.3 Å². The summed E-state index contributed by atoms with van der Waals surface area (Å²) in [7, 11) is 1.86. The molecule has 0 aliphatic heterocycles. The number of nitrogens with one attached hydrogen (secondary N) is 1. The Bertz CT molecular complexity index is 457. The highest BCUT2D eigenvalue weighted by molar-refractivity contribution is 5.70. The zero-order valence-corrected chi connectivity index (χ0v) is 11.1. The third-order valence-corrected chi connectivity index (χ3v) is 2.33. The minimum absolute atomic E-state index is 0.271. The van der Waals surface area contributed by atoms with Gasteiger partial charge in [0.05, 0.1) is 6.04 Å². The van der Waals surface area contributed by atoms with Gasteiger partial charge in [0.2, 0.25) is 11.7 Å². The van der Waals surface area contributed by atoms with Crippen LogP contribution in [-0.2, 0) is 0 Å². The zero-order chi connectivity index (χ0) is 13.5.